The second-order valence-electron chi connectivity index (χ2n) is 6.94. The summed E-state index contributed by atoms with van der Waals surface area (Å²) >= 11 is 13.4. The van der Waals surface area contributed by atoms with Crippen LogP contribution in [0, 0.1) is 0 Å². The molecule has 6 nitrogen and oxygen atoms in total. The van der Waals surface area contributed by atoms with E-state index in [1.165, 1.54) is 17.3 Å². The van der Waals surface area contributed by atoms with Gasteiger partial charge in [0.2, 0.25) is 5.91 Å². The lowest BCUT2D eigenvalue weighted by Crippen LogP contribution is -2.16. The minimum Gasteiger partial charge on any atom is -0.483 e. The van der Waals surface area contributed by atoms with E-state index in [9.17, 15) is 4.79 Å². The molecule has 2 aromatic carbocycles. The number of amides is 1. The largest absolute Gasteiger partial charge is 0.483 e. The number of anilines is 1. The maximum Gasteiger partial charge on any atom is 0.234 e. The summed E-state index contributed by atoms with van der Waals surface area (Å²) in [5, 5.41) is 12.6. The van der Waals surface area contributed by atoms with Crippen LogP contribution in [0.2, 0.25) is 10.0 Å². The first kappa shape index (κ1) is 24.2. The van der Waals surface area contributed by atoms with E-state index in [-0.39, 0.29) is 17.8 Å². The molecule has 0 saturated heterocycles. The highest BCUT2D eigenvalue weighted by atomic mass is 35.5. The van der Waals surface area contributed by atoms with E-state index >= 15 is 0 Å². The molecule has 0 aliphatic carbocycles. The van der Waals surface area contributed by atoms with Gasteiger partial charge in [-0.1, -0.05) is 66.2 Å². The van der Waals surface area contributed by atoms with Crippen molar-refractivity contribution < 1.29 is 9.53 Å². The van der Waals surface area contributed by atoms with Gasteiger partial charge in [0.25, 0.3) is 0 Å². The van der Waals surface area contributed by atoms with Crippen LogP contribution in [0.3, 0.4) is 0 Å². The van der Waals surface area contributed by atoms with Gasteiger partial charge in [-0.3, -0.25) is 9.36 Å². The number of halogens is 2. The van der Waals surface area contributed by atoms with Gasteiger partial charge in [0, 0.05) is 6.54 Å². The van der Waals surface area contributed by atoms with Gasteiger partial charge < -0.3 is 10.1 Å². The van der Waals surface area contributed by atoms with Gasteiger partial charge in [0.05, 0.1) is 21.5 Å². The number of allylic oxidation sites excluding steroid dienone is 1. The molecule has 0 spiro atoms. The Morgan fingerprint density at radius 3 is 2.69 bits per heavy atom. The van der Waals surface area contributed by atoms with Crippen molar-refractivity contribution >= 4 is 46.6 Å². The number of thioether (sulfide) groups is 1. The minimum atomic E-state index is -0.330. The van der Waals surface area contributed by atoms with E-state index in [0.717, 1.165) is 12.2 Å². The molecule has 0 aliphatic rings. The molecule has 0 bridgehead atoms. The Hall–Kier alpha value is -2.48. The monoisotopic (exact) mass is 490 g/mol. The Bertz CT molecular complexity index is 1090. The van der Waals surface area contributed by atoms with E-state index in [4.69, 9.17) is 27.9 Å². The molecule has 32 heavy (non-hydrogen) atoms. The lowest BCUT2D eigenvalue weighted by molar-refractivity contribution is -0.113. The quantitative estimate of drug-likeness (QED) is 0.270. The molecule has 3 aromatic rings. The maximum absolute atomic E-state index is 12.4. The van der Waals surface area contributed by atoms with Crippen LogP contribution in [0.5, 0.6) is 5.75 Å². The van der Waals surface area contributed by atoms with Gasteiger partial charge >= 0.3 is 0 Å². The third-order valence-corrected chi connectivity index (χ3v) is 6.41. The zero-order valence-electron chi connectivity index (χ0n) is 17.8. The number of ether oxygens (including phenoxy) is 1. The predicted octanol–water partition coefficient (Wildman–Crippen LogP) is 6.20. The van der Waals surface area contributed by atoms with E-state index in [0.29, 0.717) is 33.3 Å². The number of nitrogens with one attached hydrogen (secondary N) is 1. The van der Waals surface area contributed by atoms with Gasteiger partial charge in [-0.05, 0) is 43.2 Å². The van der Waals surface area contributed by atoms with Crippen molar-refractivity contribution in [2.24, 2.45) is 0 Å². The van der Waals surface area contributed by atoms with Crippen LogP contribution in [0.1, 0.15) is 31.3 Å². The van der Waals surface area contributed by atoms with Gasteiger partial charge in [0.15, 0.2) is 17.1 Å². The van der Waals surface area contributed by atoms with Crippen molar-refractivity contribution in [3.05, 3.63) is 76.6 Å². The molecule has 0 aliphatic heterocycles. The van der Waals surface area contributed by atoms with Gasteiger partial charge in [0.1, 0.15) is 5.75 Å². The van der Waals surface area contributed by atoms with Crippen molar-refractivity contribution in [2.75, 3.05) is 11.1 Å². The molecule has 3 rings (SSSR count). The maximum atomic E-state index is 12.4. The summed E-state index contributed by atoms with van der Waals surface area (Å²) in [5.41, 5.74) is 1.71. The molecule has 168 valence electrons. The molecule has 1 aromatic heterocycles. The summed E-state index contributed by atoms with van der Waals surface area (Å²) in [6.45, 7) is 8.34. The highest BCUT2D eigenvalue weighted by molar-refractivity contribution is 7.99. The molecular weight excluding hydrogens is 467 g/mol. The second kappa shape index (κ2) is 11.4. The van der Waals surface area contributed by atoms with Crippen LogP contribution in [0.4, 0.5) is 5.69 Å². The summed E-state index contributed by atoms with van der Waals surface area (Å²) in [5.74, 6) is 1.32. The van der Waals surface area contributed by atoms with Gasteiger partial charge in [-0.15, -0.1) is 16.8 Å². The highest BCUT2D eigenvalue weighted by Gasteiger charge is 2.20. The van der Waals surface area contributed by atoms with Gasteiger partial charge in [-0.25, -0.2) is 0 Å². The number of aryl methyl sites for hydroxylation is 1. The van der Waals surface area contributed by atoms with Crippen LogP contribution in [-0.2, 0) is 17.8 Å². The summed E-state index contributed by atoms with van der Waals surface area (Å²) in [6.07, 6.45) is 2.40. The third kappa shape index (κ3) is 6.06. The Morgan fingerprint density at radius 2 is 2.00 bits per heavy atom. The fourth-order valence-corrected chi connectivity index (χ4v) is 4.09. The topological polar surface area (TPSA) is 69.0 Å². The minimum absolute atomic E-state index is 0.131. The fraction of sp³-hybridized carbons (Fsp3) is 0.261. The second-order valence-corrected chi connectivity index (χ2v) is 8.66. The summed E-state index contributed by atoms with van der Waals surface area (Å²) < 4.78 is 7.95. The van der Waals surface area contributed by atoms with E-state index in [1.54, 1.807) is 24.3 Å². The molecule has 1 heterocycles. The number of rotatable bonds is 10. The molecule has 0 fully saturated rings. The highest BCUT2D eigenvalue weighted by Crippen LogP contribution is 2.30. The van der Waals surface area contributed by atoms with Crippen molar-refractivity contribution in [2.45, 2.75) is 38.1 Å². The van der Waals surface area contributed by atoms with Crippen molar-refractivity contribution in [3.63, 3.8) is 0 Å². The average Bonchev–Trinajstić information content (AvgIpc) is 3.19. The molecule has 9 heteroatoms. The number of nitrogens with zero attached hydrogens (tertiary/aromatic N) is 3. The zero-order valence-corrected chi connectivity index (χ0v) is 20.2. The van der Waals surface area contributed by atoms with Crippen molar-refractivity contribution in [3.8, 4) is 5.75 Å². The van der Waals surface area contributed by atoms with E-state index < -0.39 is 0 Å². The zero-order chi connectivity index (χ0) is 23.1. The Balaban J connectivity index is 1.67. The van der Waals surface area contributed by atoms with Crippen LogP contribution >= 0.6 is 35.0 Å². The normalized spacial score (nSPS) is 11.8. The molecule has 0 saturated carbocycles. The summed E-state index contributed by atoms with van der Waals surface area (Å²) in [4.78, 5) is 12.4. The average molecular weight is 491 g/mol. The number of carbonyl (C=O) groups excluding carboxylic acids is 1. The molecule has 1 atom stereocenters. The predicted molar refractivity (Wildman–Crippen MR) is 131 cm³/mol. The smallest absolute Gasteiger partial charge is 0.234 e. The first-order valence-corrected chi connectivity index (χ1v) is 11.8. The summed E-state index contributed by atoms with van der Waals surface area (Å²) in [6, 6.07) is 13.1. The van der Waals surface area contributed by atoms with E-state index in [1.807, 2.05) is 35.8 Å². The summed E-state index contributed by atoms with van der Waals surface area (Å²) in [7, 11) is 0. The molecular formula is C23H24Cl2N4O2S. The lowest BCUT2D eigenvalue weighted by atomic mass is 10.2. The Morgan fingerprint density at radius 1 is 1.25 bits per heavy atom. The number of aromatic nitrogens is 3. The van der Waals surface area contributed by atoms with E-state index in [2.05, 4.69) is 29.0 Å². The number of carbonyl (C=O) groups is 1. The SMILES string of the molecule is C=CCn1c(SCC(=O)Nc2cccc(Cl)c2Cl)nnc1C(C)Oc1ccc(CC)cc1. The Kier molecular flexibility index (Phi) is 8.61. The Labute approximate surface area is 202 Å². The molecule has 1 unspecified atom stereocenters. The van der Waals surface area contributed by atoms with Crippen LogP contribution in [0.25, 0.3) is 0 Å². The number of benzene rings is 2. The third-order valence-electron chi connectivity index (χ3n) is 4.62. The lowest BCUT2D eigenvalue weighted by Gasteiger charge is -2.16. The first-order valence-electron chi connectivity index (χ1n) is 10.1. The fourth-order valence-electron chi connectivity index (χ4n) is 2.99. The van der Waals surface area contributed by atoms with Crippen LogP contribution in [-0.4, -0.2) is 26.4 Å². The van der Waals surface area contributed by atoms with Crippen molar-refractivity contribution in [1.82, 2.24) is 14.8 Å². The standard InChI is InChI=1S/C23H24Cl2N4O2S/c1-4-13-29-22(15(3)31-17-11-9-16(5-2)10-12-17)27-28-23(29)32-14-20(30)26-19-8-6-7-18(24)21(19)25/h4,6-12,15H,1,5,13-14H2,2-3H3,(H,26,30). The number of hydrogen-bond acceptors (Lipinski definition) is 5. The van der Waals surface area contributed by atoms with Crippen LogP contribution < -0.4 is 10.1 Å². The number of hydrogen-bond donors (Lipinski definition) is 1. The van der Waals surface area contributed by atoms with Crippen LogP contribution in [0.15, 0.2) is 60.3 Å². The molecule has 0 radical (unpaired) electrons. The molecule has 1 N–H and O–H groups in total. The van der Waals surface area contributed by atoms with Gasteiger partial charge in [-0.2, -0.15) is 0 Å². The first-order chi connectivity index (χ1) is 15.4. The van der Waals surface area contributed by atoms with Crippen molar-refractivity contribution in [1.29, 1.82) is 0 Å². The molecule has 1 amide bonds.